The number of aryl methyl sites for hydroxylation is 1. The van der Waals surface area contributed by atoms with Crippen LogP contribution in [-0.2, 0) is 14.2 Å². The summed E-state index contributed by atoms with van der Waals surface area (Å²) in [5.41, 5.74) is 9.68. The van der Waals surface area contributed by atoms with Crippen molar-refractivity contribution in [2.45, 2.75) is 25.9 Å². The quantitative estimate of drug-likeness (QED) is 0.266. The molecule has 0 bridgehead atoms. The second-order valence-corrected chi connectivity index (χ2v) is 10.2. The first-order valence-electron chi connectivity index (χ1n) is 14.0. The molecule has 3 aliphatic carbocycles. The monoisotopic (exact) mass is 579 g/mol. The number of hydrogen-bond acceptors (Lipinski definition) is 7. The van der Waals surface area contributed by atoms with Gasteiger partial charge in [-0.25, -0.2) is 24.9 Å². The molecule has 2 aromatic heterocycles. The van der Waals surface area contributed by atoms with E-state index in [1.165, 1.54) is 0 Å². The number of ether oxygens (including phenoxy) is 3. The minimum absolute atomic E-state index is 0. The first-order valence-corrected chi connectivity index (χ1v) is 14.0. The number of pyridine rings is 1. The van der Waals surface area contributed by atoms with Crippen molar-refractivity contribution in [3.8, 4) is 11.8 Å². The Hall–Kier alpha value is -5.01. The first-order chi connectivity index (χ1) is 20.9. The highest BCUT2D eigenvalue weighted by atomic mass is 16.5. The van der Waals surface area contributed by atoms with Crippen LogP contribution in [0.25, 0.3) is 0 Å². The Morgan fingerprint density at radius 2 is 1.93 bits per heavy atom. The molecule has 3 atom stereocenters. The number of aromatic nitrogens is 3. The Morgan fingerprint density at radius 3 is 2.70 bits per heavy atom. The van der Waals surface area contributed by atoms with Gasteiger partial charge in [0.15, 0.2) is 11.5 Å². The predicted octanol–water partition coefficient (Wildman–Crippen LogP) is 4.49. The van der Waals surface area contributed by atoms with Crippen molar-refractivity contribution >= 4 is 17.6 Å². The van der Waals surface area contributed by atoms with Gasteiger partial charge in [-0.05, 0) is 55.0 Å². The van der Waals surface area contributed by atoms with E-state index in [4.69, 9.17) is 19.9 Å². The standard InChI is InChI=1S/C33H35N7O3.H2/c1-21-37-25(13-12-24-9-5-6-15-35-24)19-31(38-21)39-30(18-22-8-7-10-28(41-2)29(17-22)42-3)40-33(34)36-20-23-11-14-26-27(16-23)32(26)43-4;/h5-7,9-11,14-17,19,26-27,32H,8,18,20H2,1-4H3,(H3,34,36,37,38,39,40);1H. The van der Waals surface area contributed by atoms with E-state index in [2.05, 4.69) is 60.3 Å². The van der Waals surface area contributed by atoms with Crippen molar-refractivity contribution in [1.82, 2.24) is 15.0 Å². The summed E-state index contributed by atoms with van der Waals surface area (Å²) in [5.74, 6) is 10.1. The van der Waals surface area contributed by atoms with Crippen molar-refractivity contribution in [2.24, 2.45) is 27.6 Å². The molecule has 0 aliphatic heterocycles. The number of guanidine groups is 1. The summed E-state index contributed by atoms with van der Waals surface area (Å²) in [7, 11) is 4.98. The molecule has 0 aromatic carbocycles. The van der Waals surface area contributed by atoms with Crippen molar-refractivity contribution in [1.29, 1.82) is 0 Å². The number of aliphatic imine (C=N–C) groups is 2. The lowest BCUT2D eigenvalue weighted by molar-refractivity contribution is 0.169. The molecule has 5 rings (SSSR count). The lowest BCUT2D eigenvalue weighted by Gasteiger charge is -2.13. The van der Waals surface area contributed by atoms with Crippen LogP contribution >= 0.6 is 0 Å². The zero-order chi connectivity index (χ0) is 30.2. The molecule has 0 spiro atoms. The highest BCUT2D eigenvalue weighted by Crippen LogP contribution is 2.46. The Kier molecular flexibility index (Phi) is 9.44. The molecule has 3 N–H and O–H groups in total. The maximum atomic E-state index is 6.35. The van der Waals surface area contributed by atoms with Gasteiger partial charge in [-0.3, -0.25) is 0 Å². The van der Waals surface area contributed by atoms with E-state index in [1.54, 1.807) is 33.6 Å². The minimum Gasteiger partial charge on any atom is -0.493 e. The van der Waals surface area contributed by atoms with Crippen molar-refractivity contribution in [2.75, 3.05) is 33.2 Å². The van der Waals surface area contributed by atoms with Gasteiger partial charge in [-0.1, -0.05) is 35.9 Å². The first kappa shape index (κ1) is 29.5. The fraction of sp³-hybridized carbons (Fsp3) is 0.303. The average Bonchev–Trinajstić information content (AvgIpc) is 3.76. The third-order valence-electron chi connectivity index (χ3n) is 7.10. The normalized spacial score (nSPS) is 21.2. The summed E-state index contributed by atoms with van der Waals surface area (Å²) in [6.45, 7) is 2.24. The SMILES string of the molecule is COC1=C(OC)C=C(C/C(=N/C(N)=NCC2=CC3C(C=C2)C3OC)Nc2cc(C#Cc3ccccn3)nc(C)n2)CC=C1.[HH]. The van der Waals surface area contributed by atoms with Crippen LogP contribution in [0.4, 0.5) is 5.82 Å². The summed E-state index contributed by atoms with van der Waals surface area (Å²) in [4.78, 5) is 22.5. The lowest BCUT2D eigenvalue weighted by atomic mass is 10.1. The smallest absolute Gasteiger partial charge is 0.217 e. The predicted molar refractivity (Wildman–Crippen MR) is 169 cm³/mol. The Balaban J connectivity index is 0.00000442. The molecule has 222 valence electrons. The molecule has 1 saturated carbocycles. The Morgan fingerprint density at radius 1 is 1.09 bits per heavy atom. The van der Waals surface area contributed by atoms with Crippen LogP contribution in [0.15, 0.2) is 99.6 Å². The van der Waals surface area contributed by atoms with Gasteiger partial charge >= 0.3 is 0 Å². The van der Waals surface area contributed by atoms with Crippen LogP contribution in [-0.4, -0.2) is 60.7 Å². The lowest BCUT2D eigenvalue weighted by Crippen LogP contribution is -2.20. The van der Waals surface area contributed by atoms with E-state index >= 15 is 0 Å². The Labute approximate surface area is 253 Å². The van der Waals surface area contributed by atoms with E-state index in [-0.39, 0.29) is 13.5 Å². The molecular formula is C33H37N7O3. The Bertz CT molecular complexity index is 1630. The van der Waals surface area contributed by atoms with Crippen LogP contribution in [0.2, 0.25) is 0 Å². The van der Waals surface area contributed by atoms with Gasteiger partial charge < -0.3 is 25.3 Å². The van der Waals surface area contributed by atoms with E-state index in [0.29, 0.717) is 71.6 Å². The van der Waals surface area contributed by atoms with Crippen LogP contribution in [0.3, 0.4) is 0 Å². The molecule has 0 saturated heterocycles. The molecule has 1 fully saturated rings. The van der Waals surface area contributed by atoms with E-state index in [9.17, 15) is 0 Å². The van der Waals surface area contributed by atoms with Gasteiger partial charge in [0.1, 0.15) is 28.9 Å². The zero-order valence-electron chi connectivity index (χ0n) is 24.7. The van der Waals surface area contributed by atoms with Crippen LogP contribution in [0.1, 0.15) is 31.5 Å². The number of nitrogens with two attached hydrogens (primary N) is 1. The van der Waals surface area contributed by atoms with E-state index in [0.717, 1.165) is 11.1 Å². The number of nitrogens with one attached hydrogen (secondary N) is 1. The third-order valence-corrected chi connectivity index (χ3v) is 7.10. The van der Waals surface area contributed by atoms with Crippen LogP contribution < -0.4 is 11.1 Å². The van der Waals surface area contributed by atoms with Crippen molar-refractivity contribution in [3.63, 3.8) is 0 Å². The number of fused-ring (bicyclic) bond motifs is 1. The largest absolute Gasteiger partial charge is 0.493 e. The number of amidine groups is 1. The maximum Gasteiger partial charge on any atom is 0.217 e. The van der Waals surface area contributed by atoms with Crippen LogP contribution in [0, 0.1) is 30.6 Å². The number of hydrogen-bond donors (Lipinski definition) is 2. The molecule has 2 aromatic rings. The van der Waals surface area contributed by atoms with Gasteiger partial charge in [0.2, 0.25) is 5.96 Å². The molecule has 43 heavy (non-hydrogen) atoms. The minimum atomic E-state index is 0. The zero-order valence-corrected chi connectivity index (χ0v) is 24.7. The van der Waals surface area contributed by atoms with Gasteiger partial charge in [-0.15, -0.1) is 0 Å². The second-order valence-electron chi connectivity index (χ2n) is 10.2. The summed E-state index contributed by atoms with van der Waals surface area (Å²) < 4.78 is 16.6. The number of allylic oxidation sites excluding steroid dienone is 3. The highest BCUT2D eigenvalue weighted by molar-refractivity contribution is 6.03. The van der Waals surface area contributed by atoms with E-state index in [1.807, 2.05) is 43.4 Å². The molecule has 3 aliphatic rings. The summed E-state index contributed by atoms with van der Waals surface area (Å²) in [6, 6.07) is 7.35. The molecule has 0 amide bonds. The van der Waals surface area contributed by atoms with E-state index < -0.39 is 0 Å². The molecule has 2 heterocycles. The number of rotatable bonds is 8. The number of methoxy groups -OCH3 is 3. The topological polar surface area (TPSA) is 129 Å². The number of nitrogens with zero attached hydrogens (tertiary/aromatic N) is 5. The molecule has 10 nitrogen and oxygen atoms in total. The highest BCUT2D eigenvalue weighted by Gasteiger charge is 2.48. The molecule has 3 unspecified atom stereocenters. The number of anilines is 1. The molecular weight excluding hydrogens is 542 g/mol. The van der Waals surface area contributed by atoms with Crippen molar-refractivity contribution < 1.29 is 15.6 Å². The van der Waals surface area contributed by atoms with Gasteiger partial charge in [0.25, 0.3) is 0 Å². The van der Waals surface area contributed by atoms with Crippen LogP contribution in [0.5, 0.6) is 0 Å². The van der Waals surface area contributed by atoms with Gasteiger partial charge in [0.05, 0.1) is 26.9 Å². The summed E-state index contributed by atoms with van der Waals surface area (Å²) >= 11 is 0. The third kappa shape index (κ3) is 7.84. The second kappa shape index (κ2) is 13.8. The van der Waals surface area contributed by atoms with Gasteiger partial charge in [0, 0.05) is 39.1 Å². The maximum absolute atomic E-state index is 6.35. The summed E-state index contributed by atoms with van der Waals surface area (Å²) in [5, 5.41) is 3.34. The molecule has 0 radical (unpaired) electrons. The fourth-order valence-corrected chi connectivity index (χ4v) is 4.98. The average molecular weight is 580 g/mol. The fourth-order valence-electron chi connectivity index (χ4n) is 4.98. The van der Waals surface area contributed by atoms with Gasteiger partial charge in [-0.2, -0.15) is 0 Å². The molecule has 10 heteroatoms. The van der Waals surface area contributed by atoms with Crippen molar-refractivity contribution in [3.05, 3.63) is 107 Å². The summed E-state index contributed by atoms with van der Waals surface area (Å²) in [6.07, 6.45) is 15.4.